The molecule has 0 radical (unpaired) electrons. The van der Waals surface area contributed by atoms with Crippen molar-refractivity contribution in [2.24, 2.45) is 0 Å². The van der Waals surface area contributed by atoms with Crippen molar-refractivity contribution in [3.8, 4) is 0 Å². The summed E-state index contributed by atoms with van der Waals surface area (Å²) in [6.07, 6.45) is 6.89. The minimum Gasteiger partial charge on any atom is -0.478 e. The molecule has 3 aromatic rings. The lowest BCUT2D eigenvalue weighted by atomic mass is 10.2. The van der Waals surface area contributed by atoms with Crippen LogP contribution in [-0.4, -0.2) is 37.9 Å². The molecule has 0 unspecified atom stereocenters. The summed E-state index contributed by atoms with van der Waals surface area (Å²) in [5.74, 6) is -2.51. The van der Waals surface area contributed by atoms with E-state index in [-0.39, 0.29) is 0 Å². The highest BCUT2D eigenvalue weighted by Crippen LogP contribution is 2.22. The first-order valence-corrected chi connectivity index (χ1v) is 8.29. The van der Waals surface area contributed by atoms with Crippen LogP contribution in [-0.2, 0) is 9.59 Å². The molecule has 2 heterocycles. The molecule has 2 aromatic heterocycles. The summed E-state index contributed by atoms with van der Waals surface area (Å²) in [6.45, 7) is 4.38. The highest BCUT2D eigenvalue weighted by molar-refractivity contribution is 5.89. The van der Waals surface area contributed by atoms with Crippen LogP contribution in [0.5, 0.6) is 0 Å². The van der Waals surface area contributed by atoms with E-state index in [2.05, 4.69) is 65.0 Å². The zero-order chi connectivity index (χ0) is 19.8. The number of fused-ring (bicyclic) bond motifs is 1. The van der Waals surface area contributed by atoms with Gasteiger partial charge in [-0.2, -0.15) is 0 Å². The van der Waals surface area contributed by atoms with Crippen LogP contribution >= 0.6 is 0 Å². The van der Waals surface area contributed by atoms with Gasteiger partial charge in [0.25, 0.3) is 0 Å². The maximum Gasteiger partial charge on any atom is 0.328 e. The van der Waals surface area contributed by atoms with Gasteiger partial charge in [0.1, 0.15) is 0 Å². The Bertz CT molecular complexity index is 917. The van der Waals surface area contributed by atoms with E-state index in [1.807, 2.05) is 24.5 Å². The number of carboxylic acid groups (broad SMARTS) is 2. The van der Waals surface area contributed by atoms with E-state index < -0.39 is 11.9 Å². The second kappa shape index (κ2) is 9.19. The topological polar surface area (TPSA) is 95.7 Å². The molecule has 3 rings (SSSR count). The molecular weight excluding hydrogens is 346 g/mol. The van der Waals surface area contributed by atoms with Crippen molar-refractivity contribution in [3.63, 3.8) is 0 Å². The van der Waals surface area contributed by atoms with Gasteiger partial charge < -0.3 is 10.2 Å². The normalized spacial score (nSPS) is 10.6. The van der Waals surface area contributed by atoms with Gasteiger partial charge in [-0.15, -0.1) is 0 Å². The summed E-state index contributed by atoms with van der Waals surface area (Å²) in [5, 5.41) is 19.1. The smallest absolute Gasteiger partial charge is 0.328 e. The van der Waals surface area contributed by atoms with Gasteiger partial charge in [0.15, 0.2) is 0 Å². The average Bonchev–Trinajstić information content (AvgIpc) is 3.05. The highest BCUT2D eigenvalue weighted by Gasteiger charge is 2.14. The maximum atomic E-state index is 9.55. The van der Waals surface area contributed by atoms with Gasteiger partial charge >= 0.3 is 11.9 Å². The molecule has 0 aliphatic carbocycles. The molecule has 0 saturated heterocycles. The molecule has 0 aliphatic rings. The molecule has 140 valence electrons. The molecule has 7 heteroatoms. The van der Waals surface area contributed by atoms with Gasteiger partial charge in [-0.3, -0.25) is 14.7 Å². The van der Waals surface area contributed by atoms with Gasteiger partial charge in [0.2, 0.25) is 0 Å². The lowest BCUT2D eigenvalue weighted by molar-refractivity contribution is -0.134. The van der Waals surface area contributed by atoms with E-state index in [1.165, 1.54) is 10.9 Å². The number of hydrogen-bond acceptors (Lipinski definition) is 4. The van der Waals surface area contributed by atoms with Crippen molar-refractivity contribution in [1.29, 1.82) is 0 Å². The fourth-order valence-corrected chi connectivity index (χ4v) is 2.57. The Hall–Kier alpha value is -3.61. The standard InChI is InChI=1S/C16H17N3.C4H4O4/c1-13(2)19(15-7-10-17-11-8-15)18-12-9-14-5-3-4-6-16(14)18;5-3(6)1-2-4(7)8/h3-13H,1-2H3;1-2H,(H,5,6)(H,7,8)/b;2-1-. The van der Waals surface area contributed by atoms with Crippen LogP contribution < -0.4 is 5.01 Å². The molecular formula is C20H21N3O4. The number of para-hydroxylation sites is 1. The first-order valence-electron chi connectivity index (χ1n) is 8.29. The number of benzene rings is 1. The third-order valence-corrected chi connectivity index (χ3v) is 3.60. The van der Waals surface area contributed by atoms with Crippen LogP contribution in [0, 0.1) is 0 Å². The summed E-state index contributed by atoms with van der Waals surface area (Å²) in [7, 11) is 0. The second-order valence-electron chi connectivity index (χ2n) is 5.87. The van der Waals surface area contributed by atoms with Crippen molar-refractivity contribution in [3.05, 3.63) is 73.2 Å². The van der Waals surface area contributed by atoms with Crippen LogP contribution in [0.1, 0.15) is 13.8 Å². The molecule has 2 N–H and O–H groups in total. The quantitative estimate of drug-likeness (QED) is 0.671. The number of carboxylic acids is 2. The third kappa shape index (κ3) is 5.43. The Labute approximate surface area is 156 Å². The molecule has 0 fully saturated rings. The predicted molar refractivity (Wildman–Crippen MR) is 104 cm³/mol. The van der Waals surface area contributed by atoms with Gasteiger partial charge in [-0.05, 0) is 38.1 Å². The molecule has 0 amide bonds. The second-order valence-corrected chi connectivity index (χ2v) is 5.87. The fourth-order valence-electron chi connectivity index (χ4n) is 2.57. The van der Waals surface area contributed by atoms with Crippen LogP contribution in [0.25, 0.3) is 10.9 Å². The summed E-state index contributed by atoms with van der Waals surface area (Å²) in [6, 6.07) is 15.0. The Morgan fingerprint density at radius 2 is 1.59 bits per heavy atom. The Balaban J connectivity index is 0.000000279. The molecule has 1 aromatic carbocycles. The lowest BCUT2D eigenvalue weighted by Crippen LogP contribution is -2.35. The summed E-state index contributed by atoms with van der Waals surface area (Å²) < 4.78 is 2.20. The number of carbonyl (C=O) groups is 2. The van der Waals surface area contributed by atoms with Crippen molar-refractivity contribution >= 4 is 28.5 Å². The molecule has 0 spiro atoms. The van der Waals surface area contributed by atoms with E-state index >= 15 is 0 Å². The monoisotopic (exact) mass is 367 g/mol. The molecule has 0 bridgehead atoms. The zero-order valence-electron chi connectivity index (χ0n) is 15.1. The van der Waals surface area contributed by atoms with E-state index in [1.54, 1.807) is 0 Å². The molecule has 0 saturated carbocycles. The van der Waals surface area contributed by atoms with Crippen LogP contribution in [0.4, 0.5) is 5.69 Å². The highest BCUT2D eigenvalue weighted by atomic mass is 16.4. The van der Waals surface area contributed by atoms with E-state index in [0.717, 1.165) is 5.69 Å². The molecule has 0 atom stereocenters. The van der Waals surface area contributed by atoms with Crippen molar-refractivity contribution in [2.75, 3.05) is 5.01 Å². The van der Waals surface area contributed by atoms with Gasteiger partial charge in [-0.25, -0.2) is 9.59 Å². The van der Waals surface area contributed by atoms with Gasteiger partial charge in [0, 0.05) is 42.2 Å². The van der Waals surface area contributed by atoms with Crippen LogP contribution in [0.3, 0.4) is 0 Å². The number of aliphatic carboxylic acids is 2. The van der Waals surface area contributed by atoms with E-state index in [4.69, 9.17) is 10.2 Å². The third-order valence-electron chi connectivity index (χ3n) is 3.60. The zero-order valence-corrected chi connectivity index (χ0v) is 15.1. The van der Waals surface area contributed by atoms with Crippen LogP contribution in [0.15, 0.2) is 73.2 Å². The minimum absolute atomic E-state index is 0.359. The summed E-state index contributed by atoms with van der Waals surface area (Å²) >= 11 is 0. The van der Waals surface area contributed by atoms with Crippen LogP contribution in [0.2, 0.25) is 0 Å². The first kappa shape index (κ1) is 19.7. The average molecular weight is 367 g/mol. The minimum atomic E-state index is -1.26. The first-order chi connectivity index (χ1) is 12.9. The largest absolute Gasteiger partial charge is 0.478 e. The summed E-state index contributed by atoms with van der Waals surface area (Å²) in [4.78, 5) is 23.2. The maximum absolute atomic E-state index is 9.55. The summed E-state index contributed by atoms with van der Waals surface area (Å²) in [5.41, 5.74) is 2.36. The van der Waals surface area contributed by atoms with E-state index in [0.29, 0.717) is 18.2 Å². The van der Waals surface area contributed by atoms with Crippen molar-refractivity contribution < 1.29 is 19.8 Å². The molecule has 7 nitrogen and oxygen atoms in total. The number of pyridine rings is 1. The van der Waals surface area contributed by atoms with Gasteiger partial charge in [-0.1, -0.05) is 18.2 Å². The number of aromatic nitrogens is 2. The SMILES string of the molecule is CC(C)N(c1ccncc1)n1ccc2ccccc21.O=C(O)/C=C\C(=O)O. The van der Waals surface area contributed by atoms with Gasteiger partial charge in [0.05, 0.1) is 11.2 Å². The number of nitrogens with zero attached hydrogens (tertiary/aromatic N) is 3. The number of hydrogen-bond donors (Lipinski definition) is 2. The predicted octanol–water partition coefficient (Wildman–Crippen LogP) is 3.43. The Morgan fingerprint density at radius 1 is 1.00 bits per heavy atom. The molecule has 0 aliphatic heterocycles. The fraction of sp³-hybridized carbons (Fsp3) is 0.150. The Morgan fingerprint density at radius 3 is 2.15 bits per heavy atom. The lowest BCUT2D eigenvalue weighted by Gasteiger charge is -2.30. The van der Waals surface area contributed by atoms with Crippen molar-refractivity contribution in [2.45, 2.75) is 19.9 Å². The Kier molecular flexibility index (Phi) is 6.71. The van der Waals surface area contributed by atoms with E-state index in [9.17, 15) is 9.59 Å². The molecule has 27 heavy (non-hydrogen) atoms. The number of anilines is 1. The number of rotatable bonds is 5. The van der Waals surface area contributed by atoms with Crippen molar-refractivity contribution in [1.82, 2.24) is 9.66 Å².